The van der Waals surface area contributed by atoms with E-state index in [4.69, 9.17) is 10.6 Å². The van der Waals surface area contributed by atoms with Gasteiger partial charge in [-0.1, -0.05) is 6.92 Å². The molecule has 0 amide bonds. The van der Waals surface area contributed by atoms with Crippen LogP contribution in [0.5, 0.6) is 0 Å². The molecule has 106 valence electrons. The van der Waals surface area contributed by atoms with E-state index < -0.39 is 0 Å². The zero-order chi connectivity index (χ0) is 13.8. The summed E-state index contributed by atoms with van der Waals surface area (Å²) in [4.78, 5) is 11.3. The van der Waals surface area contributed by atoms with Gasteiger partial charge in [0.2, 0.25) is 0 Å². The van der Waals surface area contributed by atoms with Crippen molar-refractivity contribution < 1.29 is 4.74 Å². The molecule has 1 aromatic rings. The molecule has 0 saturated carbocycles. The molecular weight excluding hydrogens is 242 g/mol. The number of nitrogen functional groups attached to an aromatic ring is 1. The van der Waals surface area contributed by atoms with Crippen molar-refractivity contribution in [1.29, 1.82) is 0 Å². The number of hydrazine groups is 1. The SMILES string of the molecule is CCC1CCC(C)N1c1cc(NN)nc(COC)n1. The molecule has 1 fully saturated rings. The van der Waals surface area contributed by atoms with Crippen molar-refractivity contribution in [3.8, 4) is 0 Å². The fraction of sp³-hybridized carbons (Fsp3) is 0.692. The van der Waals surface area contributed by atoms with Crippen LogP contribution in [0.2, 0.25) is 0 Å². The highest BCUT2D eigenvalue weighted by Gasteiger charge is 2.30. The van der Waals surface area contributed by atoms with Gasteiger partial charge in [-0.05, 0) is 26.2 Å². The van der Waals surface area contributed by atoms with Crippen LogP contribution >= 0.6 is 0 Å². The molecule has 0 radical (unpaired) electrons. The number of hydrogen-bond donors (Lipinski definition) is 2. The van der Waals surface area contributed by atoms with E-state index in [0.717, 1.165) is 12.2 Å². The van der Waals surface area contributed by atoms with Crippen molar-refractivity contribution in [2.75, 3.05) is 17.4 Å². The molecule has 1 aliphatic rings. The molecule has 1 aliphatic heterocycles. The molecule has 0 aromatic carbocycles. The van der Waals surface area contributed by atoms with Crippen LogP contribution in [0.15, 0.2) is 6.07 Å². The Labute approximate surface area is 114 Å². The number of rotatable bonds is 5. The molecule has 0 aliphatic carbocycles. The van der Waals surface area contributed by atoms with Crippen LogP contribution in [0.25, 0.3) is 0 Å². The maximum Gasteiger partial charge on any atom is 0.158 e. The standard InChI is InChI=1S/C13H23N5O/c1-4-10-6-5-9(2)18(10)13-7-11(17-14)15-12(16-13)8-19-3/h7,9-10H,4-6,8,14H2,1-3H3,(H,15,16,17). The van der Waals surface area contributed by atoms with Gasteiger partial charge in [-0.25, -0.2) is 15.8 Å². The van der Waals surface area contributed by atoms with E-state index in [-0.39, 0.29) is 0 Å². The molecule has 0 spiro atoms. The molecule has 0 bridgehead atoms. The molecule has 19 heavy (non-hydrogen) atoms. The Kier molecular flexibility index (Phi) is 4.55. The number of methoxy groups -OCH3 is 1. The Bertz CT molecular complexity index is 425. The van der Waals surface area contributed by atoms with E-state index in [1.807, 2.05) is 6.07 Å². The summed E-state index contributed by atoms with van der Waals surface area (Å²) in [6.07, 6.45) is 3.54. The van der Waals surface area contributed by atoms with Gasteiger partial charge < -0.3 is 15.1 Å². The molecule has 2 atom stereocenters. The third-order valence-electron chi connectivity index (χ3n) is 3.70. The summed E-state index contributed by atoms with van der Waals surface area (Å²) in [7, 11) is 1.64. The largest absolute Gasteiger partial charge is 0.377 e. The van der Waals surface area contributed by atoms with Gasteiger partial charge in [0.1, 0.15) is 18.2 Å². The molecule has 2 unspecified atom stereocenters. The third kappa shape index (κ3) is 2.96. The van der Waals surface area contributed by atoms with Crippen LogP contribution in [-0.4, -0.2) is 29.2 Å². The van der Waals surface area contributed by atoms with Gasteiger partial charge in [0, 0.05) is 25.3 Å². The Morgan fingerprint density at radius 2 is 2.26 bits per heavy atom. The summed E-state index contributed by atoms with van der Waals surface area (Å²) in [6.45, 7) is 4.85. The highest BCUT2D eigenvalue weighted by Crippen LogP contribution is 2.31. The molecular formula is C13H23N5O. The van der Waals surface area contributed by atoms with Crippen molar-refractivity contribution in [2.24, 2.45) is 5.84 Å². The predicted molar refractivity (Wildman–Crippen MR) is 75.8 cm³/mol. The Balaban J connectivity index is 2.34. The molecule has 1 saturated heterocycles. The molecule has 1 aromatic heterocycles. The van der Waals surface area contributed by atoms with Crippen molar-refractivity contribution in [3.63, 3.8) is 0 Å². The van der Waals surface area contributed by atoms with Crippen LogP contribution in [0.3, 0.4) is 0 Å². The van der Waals surface area contributed by atoms with Gasteiger partial charge in [0.25, 0.3) is 0 Å². The van der Waals surface area contributed by atoms with Crippen molar-refractivity contribution >= 4 is 11.6 Å². The summed E-state index contributed by atoms with van der Waals surface area (Å²) in [5.41, 5.74) is 2.60. The molecule has 2 rings (SSSR count). The van der Waals surface area contributed by atoms with Gasteiger partial charge in [-0.3, -0.25) is 0 Å². The minimum absolute atomic E-state index is 0.390. The fourth-order valence-corrected chi connectivity index (χ4v) is 2.77. The first kappa shape index (κ1) is 14.0. The maximum absolute atomic E-state index is 5.48. The molecule has 2 heterocycles. The number of hydrogen-bond acceptors (Lipinski definition) is 6. The van der Waals surface area contributed by atoms with Crippen LogP contribution in [0.4, 0.5) is 11.6 Å². The number of anilines is 2. The van der Waals surface area contributed by atoms with Crippen molar-refractivity contribution in [2.45, 2.75) is 51.8 Å². The summed E-state index contributed by atoms with van der Waals surface area (Å²) in [5.74, 6) is 7.71. The smallest absolute Gasteiger partial charge is 0.158 e. The van der Waals surface area contributed by atoms with Gasteiger partial charge in [-0.15, -0.1) is 0 Å². The summed E-state index contributed by atoms with van der Waals surface area (Å²) in [5, 5.41) is 0. The van der Waals surface area contributed by atoms with Crippen molar-refractivity contribution in [3.05, 3.63) is 11.9 Å². The van der Waals surface area contributed by atoms with Crippen LogP contribution in [0, 0.1) is 0 Å². The predicted octanol–water partition coefficient (Wildman–Crippen LogP) is 1.68. The van der Waals surface area contributed by atoms with E-state index in [9.17, 15) is 0 Å². The van der Waals surface area contributed by atoms with E-state index in [1.165, 1.54) is 12.8 Å². The second kappa shape index (κ2) is 6.16. The first-order chi connectivity index (χ1) is 9.19. The average molecular weight is 265 g/mol. The zero-order valence-electron chi connectivity index (χ0n) is 11.9. The van der Waals surface area contributed by atoms with Crippen LogP contribution in [-0.2, 0) is 11.3 Å². The number of nitrogens with two attached hydrogens (primary N) is 1. The second-order valence-corrected chi connectivity index (χ2v) is 5.00. The Hall–Kier alpha value is -1.40. The van der Waals surface area contributed by atoms with Crippen LogP contribution < -0.4 is 16.2 Å². The zero-order valence-corrected chi connectivity index (χ0v) is 11.9. The summed E-state index contributed by atoms with van der Waals surface area (Å²) >= 11 is 0. The summed E-state index contributed by atoms with van der Waals surface area (Å²) < 4.78 is 5.11. The van der Waals surface area contributed by atoms with Gasteiger partial charge >= 0.3 is 0 Å². The van der Waals surface area contributed by atoms with E-state index in [2.05, 4.69) is 34.1 Å². The lowest BCUT2D eigenvalue weighted by Gasteiger charge is -2.29. The quantitative estimate of drug-likeness (QED) is 0.623. The highest BCUT2D eigenvalue weighted by molar-refractivity contribution is 5.51. The number of ether oxygens (including phenoxy) is 1. The van der Waals surface area contributed by atoms with Crippen LogP contribution in [0.1, 0.15) is 38.9 Å². The minimum Gasteiger partial charge on any atom is -0.377 e. The first-order valence-corrected chi connectivity index (χ1v) is 6.81. The Morgan fingerprint density at radius 3 is 2.89 bits per heavy atom. The topological polar surface area (TPSA) is 76.3 Å². The number of aromatic nitrogens is 2. The lowest BCUT2D eigenvalue weighted by atomic mass is 10.1. The lowest BCUT2D eigenvalue weighted by molar-refractivity contribution is 0.178. The van der Waals surface area contributed by atoms with Gasteiger partial charge in [0.05, 0.1) is 0 Å². The van der Waals surface area contributed by atoms with Crippen molar-refractivity contribution in [1.82, 2.24) is 9.97 Å². The average Bonchev–Trinajstić information content (AvgIpc) is 2.79. The minimum atomic E-state index is 0.390. The molecule has 6 nitrogen and oxygen atoms in total. The van der Waals surface area contributed by atoms with E-state index >= 15 is 0 Å². The number of nitrogens with zero attached hydrogens (tertiary/aromatic N) is 3. The molecule has 3 N–H and O–H groups in total. The van der Waals surface area contributed by atoms with Gasteiger partial charge in [-0.2, -0.15) is 0 Å². The third-order valence-corrected chi connectivity index (χ3v) is 3.70. The normalized spacial score (nSPS) is 22.8. The maximum atomic E-state index is 5.48. The fourth-order valence-electron chi connectivity index (χ4n) is 2.77. The van der Waals surface area contributed by atoms with E-state index in [0.29, 0.717) is 30.3 Å². The highest BCUT2D eigenvalue weighted by atomic mass is 16.5. The van der Waals surface area contributed by atoms with Gasteiger partial charge in [0.15, 0.2) is 5.82 Å². The van der Waals surface area contributed by atoms with E-state index in [1.54, 1.807) is 7.11 Å². The first-order valence-electron chi connectivity index (χ1n) is 6.81. The Morgan fingerprint density at radius 1 is 1.47 bits per heavy atom. The number of nitrogens with one attached hydrogen (secondary N) is 1. The monoisotopic (exact) mass is 265 g/mol. The second-order valence-electron chi connectivity index (χ2n) is 5.00. The summed E-state index contributed by atoms with van der Waals surface area (Å²) in [6, 6.07) is 2.95. The molecule has 6 heteroatoms. The lowest BCUT2D eigenvalue weighted by Crippen LogP contribution is -2.35.